The summed E-state index contributed by atoms with van der Waals surface area (Å²) in [6.45, 7) is 3.53. The summed E-state index contributed by atoms with van der Waals surface area (Å²) in [5.74, 6) is -3.68. The molecule has 0 saturated heterocycles. The third kappa shape index (κ3) is 11.0. The van der Waals surface area contributed by atoms with Crippen LogP contribution in [0, 0.1) is 5.92 Å². The van der Waals surface area contributed by atoms with Gasteiger partial charge >= 0.3 is 5.97 Å². The molecule has 5 unspecified atom stereocenters. The molecule has 0 bridgehead atoms. The number of nitrogens with two attached hydrogens (primary N) is 2. The molecule has 4 amide bonds. The van der Waals surface area contributed by atoms with Gasteiger partial charge in [-0.25, -0.2) is 4.79 Å². The highest BCUT2D eigenvalue weighted by Gasteiger charge is 2.32. The smallest absolute Gasteiger partial charge is 0.327 e. The van der Waals surface area contributed by atoms with Crippen molar-refractivity contribution in [2.24, 2.45) is 17.4 Å². The van der Waals surface area contributed by atoms with Crippen LogP contribution in [-0.4, -0.2) is 76.6 Å². The van der Waals surface area contributed by atoms with E-state index in [0.717, 1.165) is 0 Å². The van der Waals surface area contributed by atoms with E-state index >= 15 is 0 Å². The highest BCUT2D eigenvalue weighted by Crippen LogP contribution is 2.10. The second kappa shape index (κ2) is 15.8. The molecule has 0 aromatic heterocycles. The normalized spacial score (nSPS) is 15.5. The molecule has 0 saturated carbocycles. The molecule has 0 rings (SSSR count). The SMILES string of the molecule is CCC(C)C(NC(=O)C(CCC(N)=O)NC(=O)C(N)CCSC)C(=O)NC(CS)C(=O)O. The number of primary amides is 1. The van der Waals surface area contributed by atoms with Gasteiger partial charge in [0.1, 0.15) is 18.1 Å². The van der Waals surface area contributed by atoms with Gasteiger partial charge in [-0.05, 0) is 30.8 Å². The number of carbonyl (C=O) groups excluding carboxylic acids is 4. The van der Waals surface area contributed by atoms with Crippen molar-refractivity contribution in [2.45, 2.75) is 63.7 Å². The van der Waals surface area contributed by atoms with Crippen molar-refractivity contribution in [3.05, 3.63) is 0 Å². The van der Waals surface area contributed by atoms with Crippen LogP contribution in [-0.2, 0) is 24.0 Å². The number of aliphatic carboxylic acids is 1. The van der Waals surface area contributed by atoms with Crippen molar-refractivity contribution in [2.75, 3.05) is 17.8 Å². The second-order valence-electron chi connectivity index (χ2n) is 7.41. The van der Waals surface area contributed by atoms with E-state index in [1.165, 1.54) is 11.8 Å². The molecule has 0 fully saturated rings. The van der Waals surface area contributed by atoms with Gasteiger partial charge in [-0.2, -0.15) is 24.4 Å². The van der Waals surface area contributed by atoms with E-state index in [2.05, 4.69) is 28.6 Å². The Morgan fingerprint density at radius 3 is 2.06 bits per heavy atom. The molecule has 13 heteroatoms. The lowest BCUT2D eigenvalue weighted by atomic mass is 9.97. The topological polar surface area (TPSA) is 194 Å². The van der Waals surface area contributed by atoms with Crippen LogP contribution < -0.4 is 27.4 Å². The van der Waals surface area contributed by atoms with Gasteiger partial charge in [0.15, 0.2) is 0 Å². The fraction of sp³-hybridized carbons (Fsp3) is 0.737. The minimum Gasteiger partial charge on any atom is -0.480 e. The number of rotatable bonds is 16. The van der Waals surface area contributed by atoms with Gasteiger partial charge in [0.25, 0.3) is 0 Å². The maximum Gasteiger partial charge on any atom is 0.327 e. The van der Waals surface area contributed by atoms with E-state index in [0.29, 0.717) is 18.6 Å². The summed E-state index contributed by atoms with van der Waals surface area (Å²) in [6, 6.07) is -4.27. The number of hydrogen-bond donors (Lipinski definition) is 7. The molecule has 0 aromatic rings. The summed E-state index contributed by atoms with van der Waals surface area (Å²) in [6.07, 6.45) is 2.53. The largest absolute Gasteiger partial charge is 0.480 e. The number of carbonyl (C=O) groups is 5. The Morgan fingerprint density at radius 2 is 1.59 bits per heavy atom. The molecule has 0 aromatic carbocycles. The third-order valence-electron chi connectivity index (χ3n) is 4.87. The fourth-order valence-corrected chi connectivity index (χ4v) is 3.35. The predicted octanol–water partition coefficient (Wildman–Crippen LogP) is -1.15. The number of carboxylic acid groups (broad SMARTS) is 1. The van der Waals surface area contributed by atoms with Crippen LogP contribution in [0.3, 0.4) is 0 Å². The van der Waals surface area contributed by atoms with E-state index in [1.807, 2.05) is 13.2 Å². The molecule has 0 aliphatic carbocycles. The summed E-state index contributed by atoms with van der Waals surface area (Å²) >= 11 is 5.44. The van der Waals surface area contributed by atoms with Gasteiger partial charge in [-0.3, -0.25) is 19.2 Å². The molecular weight excluding hydrogens is 458 g/mol. The summed E-state index contributed by atoms with van der Waals surface area (Å²) in [5.41, 5.74) is 11.0. The molecule has 0 aliphatic rings. The average molecular weight is 494 g/mol. The first-order chi connectivity index (χ1) is 15.0. The summed E-state index contributed by atoms with van der Waals surface area (Å²) in [7, 11) is 0. The first-order valence-corrected chi connectivity index (χ1v) is 12.3. The van der Waals surface area contributed by atoms with Crippen molar-refractivity contribution >= 4 is 54.0 Å². The number of nitrogens with one attached hydrogen (secondary N) is 3. The molecule has 32 heavy (non-hydrogen) atoms. The number of carboxylic acids is 1. The van der Waals surface area contributed by atoms with Gasteiger partial charge in [0.05, 0.1) is 6.04 Å². The first kappa shape index (κ1) is 30.0. The zero-order valence-corrected chi connectivity index (χ0v) is 20.3. The Morgan fingerprint density at radius 1 is 1.00 bits per heavy atom. The molecule has 5 atom stereocenters. The van der Waals surface area contributed by atoms with E-state index < -0.39 is 53.8 Å². The number of thiol groups is 1. The van der Waals surface area contributed by atoms with Gasteiger partial charge in [0, 0.05) is 12.2 Å². The van der Waals surface area contributed by atoms with Gasteiger partial charge in [-0.15, -0.1) is 0 Å². The maximum atomic E-state index is 12.9. The lowest BCUT2D eigenvalue weighted by molar-refractivity contribution is -0.142. The molecule has 184 valence electrons. The molecule has 0 spiro atoms. The maximum absolute atomic E-state index is 12.9. The minimum atomic E-state index is -1.26. The Labute approximate surface area is 198 Å². The van der Waals surface area contributed by atoms with Crippen LogP contribution in [0.2, 0.25) is 0 Å². The molecule has 0 heterocycles. The van der Waals surface area contributed by atoms with Crippen LogP contribution in [0.4, 0.5) is 0 Å². The Bertz CT molecular complexity index is 666. The molecule has 0 aliphatic heterocycles. The molecule has 0 radical (unpaired) electrons. The Hall–Kier alpha value is -1.99. The molecular formula is C19H35N5O6S2. The highest BCUT2D eigenvalue weighted by molar-refractivity contribution is 7.98. The summed E-state index contributed by atoms with van der Waals surface area (Å²) < 4.78 is 0. The summed E-state index contributed by atoms with van der Waals surface area (Å²) in [4.78, 5) is 60.4. The first-order valence-electron chi connectivity index (χ1n) is 10.3. The van der Waals surface area contributed by atoms with Crippen LogP contribution in [0.15, 0.2) is 0 Å². The van der Waals surface area contributed by atoms with Crippen molar-refractivity contribution in [1.82, 2.24) is 16.0 Å². The number of thioether (sulfide) groups is 1. The van der Waals surface area contributed by atoms with Crippen molar-refractivity contribution < 1.29 is 29.1 Å². The van der Waals surface area contributed by atoms with Gasteiger partial charge < -0.3 is 32.5 Å². The van der Waals surface area contributed by atoms with Crippen molar-refractivity contribution in [1.29, 1.82) is 0 Å². The van der Waals surface area contributed by atoms with Gasteiger partial charge in [0.2, 0.25) is 23.6 Å². The highest BCUT2D eigenvalue weighted by atomic mass is 32.2. The average Bonchev–Trinajstić information content (AvgIpc) is 2.75. The quantitative estimate of drug-likeness (QED) is 0.131. The van der Waals surface area contributed by atoms with Crippen LogP contribution >= 0.6 is 24.4 Å². The van der Waals surface area contributed by atoms with Crippen molar-refractivity contribution in [3.8, 4) is 0 Å². The van der Waals surface area contributed by atoms with E-state index in [-0.39, 0.29) is 24.5 Å². The molecule has 11 nitrogen and oxygen atoms in total. The fourth-order valence-electron chi connectivity index (χ4n) is 2.61. The van der Waals surface area contributed by atoms with Crippen LogP contribution in [0.25, 0.3) is 0 Å². The standard InChI is InChI=1S/C19H35N5O6S2/c1-4-10(2)15(18(28)23-13(9-31)19(29)30)24-17(27)12(5-6-14(21)25)22-16(26)11(20)7-8-32-3/h10-13,15,31H,4-9,20H2,1-3H3,(H2,21,25)(H,22,26)(H,23,28)(H,24,27)(H,29,30). The Balaban J connectivity index is 5.48. The third-order valence-corrected chi connectivity index (χ3v) is 5.88. The predicted molar refractivity (Wildman–Crippen MR) is 126 cm³/mol. The zero-order chi connectivity index (χ0) is 24.8. The molecule has 8 N–H and O–H groups in total. The Kier molecular flexibility index (Phi) is 14.8. The monoisotopic (exact) mass is 493 g/mol. The summed E-state index contributed by atoms with van der Waals surface area (Å²) in [5, 5.41) is 16.6. The van der Waals surface area contributed by atoms with E-state index in [9.17, 15) is 24.0 Å². The lowest BCUT2D eigenvalue weighted by Crippen LogP contribution is -2.59. The lowest BCUT2D eigenvalue weighted by Gasteiger charge is -2.27. The van der Waals surface area contributed by atoms with Gasteiger partial charge in [-0.1, -0.05) is 20.3 Å². The van der Waals surface area contributed by atoms with Crippen LogP contribution in [0.1, 0.15) is 39.5 Å². The number of hydrogen-bond acceptors (Lipinski definition) is 8. The van der Waals surface area contributed by atoms with Crippen molar-refractivity contribution in [3.63, 3.8) is 0 Å². The van der Waals surface area contributed by atoms with E-state index in [1.54, 1.807) is 6.92 Å². The van der Waals surface area contributed by atoms with Crippen LogP contribution in [0.5, 0.6) is 0 Å². The zero-order valence-electron chi connectivity index (χ0n) is 18.6. The second-order valence-corrected chi connectivity index (χ2v) is 8.76. The van der Waals surface area contributed by atoms with E-state index in [4.69, 9.17) is 16.6 Å². The number of amides is 4. The minimum absolute atomic E-state index is 0.0780.